The summed E-state index contributed by atoms with van der Waals surface area (Å²) in [5, 5.41) is 0. The van der Waals surface area contributed by atoms with Crippen LogP contribution in [0.25, 0.3) is 0 Å². The van der Waals surface area contributed by atoms with Crippen LogP contribution in [0.2, 0.25) is 0 Å². The number of methoxy groups -OCH3 is 1. The number of aromatic nitrogens is 1. The summed E-state index contributed by atoms with van der Waals surface area (Å²) in [7, 11) is 1.35. The van der Waals surface area contributed by atoms with E-state index in [1.54, 1.807) is 6.07 Å². The van der Waals surface area contributed by atoms with Gasteiger partial charge >= 0.3 is 5.97 Å². The second-order valence-corrected chi connectivity index (χ2v) is 5.17. The Balaban J connectivity index is 2.32. The second kappa shape index (κ2) is 5.47. The molecule has 1 aliphatic heterocycles. The first-order valence-corrected chi connectivity index (χ1v) is 6.65. The number of pyridine rings is 1. The third-order valence-corrected chi connectivity index (χ3v) is 3.99. The van der Waals surface area contributed by atoms with Gasteiger partial charge in [0.25, 0.3) is 0 Å². The fraction of sp³-hybridized carbons (Fsp3) is 0.571. The van der Waals surface area contributed by atoms with E-state index in [9.17, 15) is 4.79 Å². The minimum atomic E-state index is -0.418. The molecular weight excluding hydrogens is 242 g/mol. The molecule has 2 N–H and O–H groups in total. The number of hydrogen-bond donors (Lipinski definition) is 1. The van der Waals surface area contributed by atoms with Gasteiger partial charge in [-0.25, -0.2) is 9.78 Å². The topological polar surface area (TPSA) is 68.5 Å². The van der Waals surface area contributed by atoms with Crippen LogP contribution in [0.4, 0.5) is 11.5 Å². The molecule has 1 aromatic rings. The fourth-order valence-corrected chi connectivity index (χ4v) is 2.56. The van der Waals surface area contributed by atoms with E-state index in [-0.39, 0.29) is 0 Å². The van der Waals surface area contributed by atoms with E-state index in [1.807, 2.05) is 0 Å². The number of hydrogen-bond acceptors (Lipinski definition) is 5. The van der Waals surface area contributed by atoms with Crippen molar-refractivity contribution in [3.8, 4) is 0 Å². The third kappa shape index (κ3) is 2.64. The molecule has 19 heavy (non-hydrogen) atoms. The number of piperidine rings is 1. The number of ether oxygens (including phenoxy) is 1. The molecule has 0 saturated carbocycles. The van der Waals surface area contributed by atoms with Crippen LogP contribution in [-0.4, -0.2) is 30.6 Å². The van der Waals surface area contributed by atoms with Crippen molar-refractivity contribution < 1.29 is 9.53 Å². The molecule has 0 aromatic carbocycles. The first-order chi connectivity index (χ1) is 9.04. The average Bonchev–Trinajstić information content (AvgIpc) is 2.42. The lowest BCUT2D eigenvalue weighted by molar-refractivity contribution is 0.0602. The molecule has 0 amide bonds. The first-order valence-electron chi connectivity index (χ1n) is 6.65. The largest absolute Gasteiger partial charge is 0.465 e. The molecule has 0 radical (unpaired) electrons. The summed E-state index contributed by atoms with van der Waals surface area (Å²) in [5.74, 6) is 1.00. The van der Waals surface area contributed by atoms with Gasteiger partial charge in [-0.05, 0) is 31.7 Å². The summed E-state index contributed by atoms with van der Waals surface area (Å²) < 4.78 is 4.74. The van der Waals surface area contributed by atoms with E-state index in [2.05, 4.69) is 23.7 Å². The lowest BCUT2D eigenvalue weighted by Gasteiger charge is -2.38. The highest BCUT2D eigenvalue weighted by atomic mass is 16.5. The van der Waals surface area contributed by atoms with Gasteiger partial charge in [0.1, 0.15) is 5.82 Å². The van der Waals surface area contributed by atoms with Gasteiger partial charge in [0.2, 0.25) is 0 Å². The van der Waals surface area contributed by atoms with Crippen molar-refractivity contribution in [2.75, 3.05) is 24.3 Å². The highest BCUT2D eigenvalue weighted by Crippen LogP contribution is 2.28. The highest BCUT2D eigenvalue weighted by molar-refractivity contribution is 5.95. The molecule has 2 unspecified atom stereocenters. The van der Waals surface area contributed by atoms with Gasteiger partial charge in [-0.1, -0.05) is 6.92 Å². The van der Waals surface area contributed by atoms with Gasteiger partial charge in [0, 0.05) is 12.6 Å². The Labute approximate surface area is 113 Å². The minimum absolute atomic E-state index is 0.355. The number of nitrogens with zero attached hydrogens (tertiary/aromatic N) is 2. The van der Waals surface area contributed by atoms with Crippen LogP contribution < -0.4 is 10.6 Å². The number of carbonyl (C=O) groups is 1. The predicted octanol–water partition coefficient (Wildman–Crippen LogP) is 2.08. The number of nitrogen functional groups attached to an aromatic ring is 1. The van der Waals surface area contributed by atoms with Crippen molar-refractivity contribution in [1.29, 1.82) is 0 Å². The molecule has 0 spiro atoms. The van der Waals surface area contributed by atoms with Crippen LogP contribution >= 0.6 is 0 Å². The summed E-state index contributed by atoms with van der Waals surface area (Å²) in [4.78, 5) is 18.3. The van der Waals surface area contributed by atoms with Gasteiger partial charge in [-0.2, -0.15) is 0 Å². The fourth-order valence-electron chi connectivity index (χ4n) is 2.56. The van der Waals surface area contributed by atoms with Crippen molar-refractivity contribution in [1.82, 2.24) is 4.98 Å². The van der Waals surface area contributed by atoms with Gasteiger partial charge < -0.3 is 15.4 Å². The molecule has 5 heteroatoms. The third-order valence-electron chi connectivity index (χ3n) is 3.99. The predicted molar refractivity (Wildman–Crippen MR) is 75.2 cm³/mol. The van der Waals surface area contributed by atoms with Crippen molar-refractivity contribution >= 4 is 17.5 Å². The van der Waals surface area contributed by atoms with Crippen molar-refractivity contribution in [3.05, 3.63) is 17.8 Å². The Hall–Kier alpha value is -1.78. The molecule has 2 heterocycles. The van der Waals surface area contributed by atoms with E-state index in [0.29, 0.717) is 23.2 Å². The molecule has 2 rings (SSSR count). The number of esters is 1. The summed E-state index contributed by atoms with van der Waals surface area (Å²) in [6.45, 7) is 5.40. The second-order valence-electron chi connectivity index (χ2n) is 5.17. The number of nitrogens with two attached hydrogens (primary N) is 1. The Morgan fingerprint density at radius 2 is 2.26 bits per heavy atom. The molecular formula is C14H21N3O2. The van der Waals surface area contributed by atoms with Crippen LogP contribution in [0.3, 0.4) is 0 Å². The Bertz CT molecular complexity index is 476. The highest BCUT2D eigenvalue weighted by Gasteiger charge is 2.26. The summed E-state index contributed by atoms with van der Waals surface area (Å²) in [6.07, 6.45) is 3.91. The van der Waals surface area contributed by atoms with Crippen LogP contribution in [0.5, 0.6) is 0 Å². The maximum absolute atomic E-state index is 11.7. The van der Waals surface area contributed by atoms with Crippen molar-refractivity contribution in [2.45, 2.75) is 32.7 Å². The standard InChI is InChI=1S/C14H21N3O2/c1-9-5-4-6-17(10(9)2)13-7-11(14(18)19-3)12(15)8-16-13/h7-10H,4-6,15H2,1-3H3. The van der Waals surface area contributed by atoms with Gasteiger partial charge in [0.15, 0.2) is 0 Å². The maximum atomic E-state index is 11.7. The van der Waals surface area contributed by atoms with Gasteiger partial charge in [0.05, 0.1) is 24.6 Å². The molecule has 1 fully saturated rings. The normalized spacial score (nSPS) is 23.2. The number of rotatable bonds is 2. The molecule has 1 aromatic heterocycles. The lowest BCUT2D eigenvalue weighted by Crippen LogP contribution is -2.43. The zero-order chi connectivity index (χ0) is 14.0. The minimum Gasteiger partial charge on any atom is -0.465 e. The van der Waals surface area contributed by atoms with Gasteiger partial charge in [-0.3, -0.25) is 0 Å². The quantitative estimate of drug-likeness (QED) is 0.827. The lowest BCUT2D eigenvalue weighted by atomic mass is 9.92. The summed E-state index contributed by atoms with van der Waals surface area (Å²) >= 11 is 0. The summed E-state index contributed by atoms with van der Waals surface area (Å²) in [5.41, 5.74) is 6.52. The van der Waals surface area contributed by atoms with Crippen molar-refractivity contribution in [2.24, 2.45) is 5.92 Å². The first kappa shape index (κ1) is 13.6. The van der Waals surface area contributed by atoms with E-state index >= 15 is 0 Å². The van der Waals surface area contributed by atoms with Crippen LogP contribution in [0.15, 0.2) is 12.3 Å². The van der Waals surface area contributed by atoms with Crippen LogP contribution in [-0.2, 0) is 4.74 Å². The monoisotopic (exact) mass is 263 g/mol. The average molecular weight is 263 g/mol. The molecule has 0 bridgehead atoms. The Kier molecular flexibility index (Phi) is 3.93. The molecule has 0 aliphatic carbocycles. The zero-order valence-electron chi connectivity index (χ0n) is 11.7. The van der Waals surface area contributed by atoms with Crippen LogP contribution in [0, 0.1) is 5.92 Å². The number of anilines is 2. The Morgan fingerprint density at radius 3 is 2.95 bits per heavy atom. The molecule has 104 valence electrons. The molecule has 1 saturated heterocycles. The maximum Gasteiger partial charge on any atom is 0.340 e. The van der Waals surface area contributed by atoms with E-state index in [1.165, 1.54) is 19.7 Å². The van der Waals surface area contributed by atoms with Crippen LogP contribution in [0.1, 0.15) is 37.0 Å². The smallest absolute Gasteiger partial charge is 0.340 e. The van der Waals surface area contributed by atoms with Gasteiger partial charge in [-0.15, -0.1) is 0 Å². The summed E-state index contributed by atoms with van der Waals surface area (Å²) in [6, 6.07) is 2.14. The Morgan fingerprint density at radius 1 is 1.53 bits per heavy atom. The van der Waals surface area contributed by atoms with Crippen molar-refractivity contribution in [3.63, 3.8) is 0 Å². The van der Waals surface area contributed by atoms with E-state index in [4.69, 9.17) is 10.5 Å². The molecule has 5 nitrogen and oxygen atoms in total. The van der Waals surface area contributed by atoms with E-state index < -0.39 is 5.97 Å². The molecule has 1 aliphatic rings. The van der Waals surface area contributed by atoms with E-state index in [0.717, 1.165) is 18.8 Å². The SMILES string of the molecule is COC(=O)c1cc(N2CCCC(C)C2C)ncc1N. The number of carbonyl (C=O) groups excluding carboxylic acids is 1. The molecule has 2 atom stereocenters. The zero-order valence-corrected chi connectivity index (χ0v) is 11.7.